The van der Waals surface area contributed by atoms with Crippen LogP contribution in [-0.4, -0.2) is 46.6 Å². The molecule has 0 fully saturated rings. The van der Waals surface area contributed by atoms with E-state index in [0.29, 0.717) is 36.8 Å². The summed E-state index contributed by atoms with van der Waals surface area (Å²) >= 11 is 0. The molecule has 0 saturated heterocycles. The molecule has 1 aromatic carbocycles. The van der Waals surface area contributed by atoms with Crippen molar-refractivity contribution in [2.24, 2.45) is 14.1 Å². The van der Waals surface area contributed by atoms with E-state index in [2.05, 4.69) is 10.6 Å². The first-order chi connectivity index (χ1) is 12.8. The number of benzene rings is 1. The van der Waals surface area contributed by atoms with Crippen molar-refractivity contribution in [2.45, 2.75) is 13.0 Å². The van der Waals surface area contributed by atoms with Crippen molar-refractivity contribution in [3.63, 3.8) is 0 Å². The first-order valence-electron chi connectivity index (χ1n) is 8.59. The zero-order chi connectivity index (χ0) is 20.0. The normalized spacial score (nSPS) is 12.0. The third-order valence-corrected chi connectivity index (χ3v) is 4.12. The van der Waals surface area contributed by atoms with Gasteiger partial charge in [-0.25, -0.2) is 9.18 Å². The number of hydrogen-bond acceptors (Lipinski definition) is 6. The van der Waals surface area contributed by atoms with Gasteiger partial charge >= 0.3 is 5.69 Å². The number of aliphatic hydroxyl groups is 1. The molecule has 2 aromatic rings. The summed E-state index contributed by atoms with van der Waals surface area (Å²) in [7, 11) is 3.04. The van der Waals surface area contributed by atoms with Crippen LogP contribution in [0.2, 0.25) is 0 Å². The maximum absolute atomic E-state index is 12.8. The van der Waals surface area contributed by atoms with Gasteiger partial charge in [-0.1, -0.05) is 0 Å². The van der Waals surface area contributed by atoms with Gasteiger partial charge in [0.15, 0.2) is 0 Å². The van der Waals surface area contributed by atoms with Crippen LogP contribution in [-0.2, 0) is 14.1 Å². The minimum Gasteiger partial charge on any atom is -0.491 e. The van der Waals surface area contributed by atoms with Gasteiger partial charge in [0.05, 0.1) is 5.56 Å². The van der Waals surface area contributed by atoms with E-state index in [1.54, 1.807) is 14.0 Å². The predicted molar refractivity (Wildman–Crippen MR) is 101 cm³/mol. The Morgan fingerprint density at radius 3 is 2.48 bits per heavy atom. The van der Waals surface area contributed by atoms with E-state index in [4.69, 9.17) is 4.74 Å². The van der Waals surface area contributed by atoms with E-state index in [1.807, 2.05) is 0 Å². The summed E-state index contributed by atoms with van der Waals surface area (Å²) in [5.41, 5.74) is -0.260. The summed E-state index contributed by atoms with van der Waals surface area (Å²) in [6.07, 6.45) is -0.731. The third-order valence-electron chi connectivity index (χ3n) is 4.12. The largest absolute Gasteiger partial charge is 0.491 e. The van der Waals surface area contributed by atoms with Crippen LogP contribution >= 0.6 is 0 Å². The Bertz CT molecular complexity index is 839. The Labute approximate surface area is 156 Å². The predicted octanol–water partition coefficient (Wildman–Crippen LogP) is -0.0271. The molecule has 0 radical (unpaired) electrons. The lowest BCUT2D eigenvalue weighted by molar-refractivity contribution is 0.107. The molecule has 1 unspecified atom stereocenters. The summed E-state index contributed by atoms with van der Waals surface area (Å²) in [5, 5.41) is 16.0. The molecular weight excluding hydrogens is 355 g/mol. The zero-order valence-corrected chi connectivity index (χ0v) is 15.7. The average molecular weight is 380 g/mol. The average Bonchev–Trinajstić information content (AvgIpc) is 2.66. The molecule has 0 bridgehead atoms. The molecule has 3 N–H and O–H groups in total. The first kappa shape index (κ1) is 20.7. The lowest BCUT2D eigenvalue weighted by Crippen LogP contribution is -2.40. The SMILES string of the molecule is Cc1c(NCCNCC(O)COc2ccc(F)cc2)n(C)c(=O)n(C)c1=O. The van der Waals surface area contributed by atoms with Gasteiger partial charge < -0.3 is 20.5 Å². The molecule has 0 aliphatic rings. The van der Waals surface area contributed by atoms with Crippen LogP contribution in [0.5, 0.6) is 5.75 Å². The summed E-state index contributed by atoms with van der Waals surface area (Å²) in [6.45, 7) is 3.02. The topological polar surface area (TPSA) is 97.5 Å². The Kier molecular flexibility index (Phi) is 7.14. The molecule has 27 heavy (non-hydrogen) atoms. The number of nitrogens with zero attached hydrogens (tertiary/aromatic N) is 2. The molecule has 1 heterocycles. The van der Waals surface area contributed by atoms with E-state index in [0.717, 1.165) is 4.57 Å². The first-order valence-corrected chi connectivity index (χ1v) is 8.59. The fourth-order valence-corrected chi connectivity index (χ4v) is 2.58. The molecule has 0 amide bonds. The van der Waals surface area contributed by atoms with Gasteiger partial charge in [0, 0.05) is 33.7 Å². The van der Waals surface area contributed by atoms with Crippen molar-refractivity contribution in [2.75, 3.05) is 31.6 Å². The van der Waals surface area contributed by atoms with Crippen molar-refractivity contribution < 1.29 is 14.2 Å². The minimum absolute atomic E-state index is 0.0778. The summed E-state index contributed by atoms with van der Waals surface area (Å²) in [5.74, 6) is 0.616. The highest BCUT2D eigenvalue weighted by atomic mass is 19.1. The number of hydrogen-bond donors (Lipinski definition) is 3. The fraction of sp³-hybridized carbons (Fsp3) is 0.444. The maximum Gasteiger partial charge on any atom is 0.332 e. The molecule has 2 rings (SSSR count). The Hall–Kier alpha value is -2.65. The molecule has 9 heteroatoms. The molecule has 0 aliphatic heterocycles. The van der Waals surface area contributed by atoms with Gasteiger partial charge in [0.25, 0.3) is 5.56 Å². The van der Waals surface area contributed by atoms with Crippen LogP contribution in [0.15, 0.2) is 33.9 Å². The number of nitrogens with one attached hydrogen (secondary N) is 2. The van der Waals surface area contributed by atoms with E-state index in [1.165, 1.54) is 35.9 Å². The Morgan fingerprint density at radius 2 is 1.81 bits per heavy atom. The third kappa shape index (κ3) is 5.41. The molecule has 8 nitrogen and oxygen atoms in total. The smallest absolute Gasteiger partial charge is 0.332 e. The van der Waals surface area contributed by atoms with Gasteiger partial charge in [-0.3, -0.25) is 13.9 Å². The highest BCUT2D eigenvalue weighted by Crippen LogP contribution is 2.11. The fourth-order valence-electron chi connectivity index (χ4n) is 2.58. The molecule has 0 aliphatic carbocycles. The number of ether oxygens (including phenoxy) is 1. The highest BCUT2D eigenvalue weighted by Gasteiger charge is 2.11. The number of aliphatic hydroxyl groups excluding tert-OH is 1. The lowest BCUT2D eigenvalue weighted by atomic mass is 10.3. The van der Waals surface area contributed by atoms with Crippen LogP contribution in [0.4, 0.5) is 10.2 Å². The number of halogens is 1. The molecular formula is C18H25FN4O4. The second-order valence-corrected chi connectivity index (χ2v) is 6.23. The molecule has 0 saturated carbocycles. The van der Waals surface area contributed by atoms with Gasteiger partial charge in [-0.2, -0.15) is 0 Å². The van der Waals surface area contributed by atoms with E-state index < -0.39 is 11.8 Å². The maximum atomic E-state index is 12.8. The Morgan fingerprint density at radius 1 is 1.15 bits per heavy atom. The molecule has 148 valence electrons. The van der Waals surface area contributed by atoms with Gasteiger partial charge in [0.1, 0.15) is 30.1 Å². The summed E-state index contributed by atoms with van der Waals surface area (Å²) in [6, 6.07) is 5.57. The van der Waals surface area contributed by atoms with Crippen molar-refractivity contribution in [3.05, 3.63) is 56.5 Å². The van der Waals surface area contributed by atoms with Gasteiger partial charge in [-0.15, -0.1) is 0 Å². The van der Waals surface area contributed by atoms with E-state index >= 15 is 0 Å². The van der Waals surface area contributed by atoms with E-state index in [9.17, 15) is 19.1 Å². The van der Waals surface area contributed by atoms with Crippen molar-refractivity contribution in [3.8, 4) is 5.75 Å². The van der Waals surface area contributed by atoms with Crippen molar-refractivity contribution >= 4 is 5.82 Å². The van der Waals surface area contributed by atoms with Gasteiger partial charge in [-0.05, 0) is 31.2 Å². The molecule has 1 atom stereocenters. The summed E-state index contributed by atoms with van der Waals surface area (Å²) in [4.78, 5) is 23.9. The van der Waals surface area contributed by atoms with Crippen LogP contribution < -0.4 is 26.6 Å². The molecule has 1 aromatic heterocycles. The number of rotatable bonds is 9. The van der Waals surface area contributed by atoms with Crippen LogP contribution in [0.3, 0.4) is 0 Å². The second kappa shape index (κ2) is 9.33. The zero-order valence-electron chi connectivity index (χ0n) is 15.7. The van der Waals surface area contributed by atoms with Crippen LogP contribution in [0, 0.1) is 12.7 Å². The summed E-state index contributed by atoms with van der Waals surface area (Å²) < 4.78 is 20.6. The standard InChI is InChI=1S/C18H25FN4O4/c1-12-16(22(2)18(26)23(3)17(12)25)21-9-8-20-10-14(24)11-27-15-6-4-13(19)5-7-15/h4-7,14,20-21,24H,8-11H2,1-3H3. The van der Waals surface area contributed by atoms with E-state index in [-0.39, 0.29) is 18.0 Å². The monoisotopic (exact) mass is 380 g/mol. The second-order valence-electron chi connectivity index (χ2n) is 6.23. The lowest BCUT2D eigenvalue weighted by Gasteiger charge is -2.16. The van der Waals surface area contributed by atoms with Crippen LogP contribution in [0.1, 0.15) is 5.56 Å². The minimum atomic E-state index is -0.731. The quantitative estimate of drug-likeness (QED) is 0.529. The highest BCUT2D eigenvalue weighted by molar-refractivity contribution is 5.42. The molecule has 0 spiro atoms. The number of aromatic nitrogens is 2. The van der Waals surface area contributed by atoms with Gasteiger partial charge in [0.2, 0.25) is 0 Å². The van der Waals surface area contributed by atoms with Crippen molar-refractivity contribution in [1.82, 2.24) is 14.5 Å². The van der Waals surface area contributed by atoms with Crippen LogP contribution in [0.25, 0.3) is 0 Å². The van der Waals surface area contributed by atoms with Crippen molar-refractivity contribution in [1.29, 1.82) is 0 Å². The number of anilines is 1. The Balaban J connectivity index is 1.74.